The molecule has 4 atom stereocenters. The van der Waals surface area contributed by atoms with E-state index in [4.69, 9.17) is 0 Å². The van der Waals surface area contributed by atoms with E-state index in [-0.39, 0.29) is 0 Å². The van der Waals surface area contributed by atoms with Crippen molar-refractivity contribution in [3.8, 4) is 0 Å². The first-order chi connectivity index (χ1) is 8.26. The smallest absolute Gasteiger partial charge is 0.0221 e. The van der Waals surface area contributed by atoms with Crippen molar-refractivity contribution in [2.45, 2.75) is 56.9 Å². The third-order valence-corrected chi connectivity index (χ3v) is 5.91. The van der Waals surface area contributed by atoms with Gasteiger partial charge in [0.05, 0.1) is 0 Å². The highest BCUT2D eigenvalue weighted by Crippen LogP contribution is 2.33. The van der Waals surface area contributed by atoms with Crippen LogP contribution in [0.2, 0.25) is 0 Å². The van der Waals surface area contributed by atoms with E-state index in [1.54, 1.807) is 0 Å². The molecule has 1 saturated heterocycles. The lowest BCUT2D eigenvalue weighted by atomic mass is 9.96. The Kier molecular flexibility index (Phi) is 5.19. The molecule has 0 radical (unpaired) electrons. The van der Waals surface area contributed by atoms with Crippen LogP contribution >= 0.6 is 11.8 Å². The number of hydrogen-bond donors (Lipinski definition) is 1. The molecular weight excluding hydrogens is 228 g/mol. The van der Waals surface area contributed by atoms with Crippen LogP contribution in [0.5, 0.6) is 0 Å². The average molecular weight is 256 g/mol. The van der Waals surface area contributed by atoms with E-state index in [9.17, 15) is 0 Å². The van der Waals surface area contributed by atoms with Crippen LogP contribution in [0.15, 0.2) is 0 Å². The molecule has 0 aromatic carbocycles. The van der Waals surface area contributed by atoms with E-state index < -0.39 is 0 Å². The number of rotatable bonds is 4. The van der Waals surface area contributed by atoms with Crippen molar-refractivity contribution in [3.63, 3.8) is 0 Å². The number of thioether (sulfide) groups is 1. The van der Waals surface area contributed by atoms with Gasteiger partial charge in [-0.05, 0) is 25.0 Å². The molecule has 2 fully saturated rings. The Morgan fingerprint density at radius 1 is 1.41 bits per heavy atom. The molecular formula is C14H28N2S. The van der Waals surface area contributed by atoms with Crippen molar-refractivity contribution in [2.24, 2.45) is 5.92 Å². The van der Waals surface area contributed by atoms with Gasteiger partial charge in [-0.15, -0.1) is 0 Å². The van der Waals surface area contributed by atoms with Crippen molar-refractivity contribution in [3.05, 3.63) is 0 Å². The summed E-state index contributed by atoms with van der Waals surface area (Å²) in [6.07, 6.45) is 7.88. The monoisotopic (exact) mass is 256 g/mol. The number of hydrogen-bond acceptors (Lipinski definition) is 3. The van der Waals surface area contributed by atoms with E-state index in [0.29, 0.717) is 0 Å². The predicted octanol–water partition coefficient (Wildman–Crippen LogP) is 2.59. The maximum atomic E-state index is 3.71. The highest BCUT2D eigenvalue weighted by Gasteiger charge is 2.34. The second-order valence-corrected chi connectivity index (χ2v) is 6.79. The summed E-state index contributed by atoms with van der Waals surface area (Å²) >= 11 is 2.09. The summed E-state index contributed by atoms with van der Waals surface area (Å²) in [7, 11) is 0. The molecule has 0 spiro atoms. The summed E-state index contributed by atoms with van der Waals surface area (Å²) < 4.78 is 0. The minimum atomic E-state index is 0.719. The fourth-order valence-corrected chi connectivity index (χ4v) is 4.39. The summed E-state index contributed by atoms with van der Waals surface area (Å²) in [6, 6.07) is 1.58. The van der Waals surface area contributed by atoms with Crippen LogP contribution in [0.4, 0.5) is 0 Å². The fourth-order valence-electron chi connectivity index (χ4n) is 3.37. The maximum Gasteiger partial charge on any atom is 0.0221 e. The van der Waals surface area contributed by atoms with Crippen molar-refractivity contribution in [1.29, 1.82) is 0 Å². The molecule has 0 aromatic heterocycles. The fraction of sp³-hybridized carbons (Fsp3) is 1.00. The van der Waals surface area contributed by atoms with Crippen LogP contribution in [0.3, 0.4) is 0 Å². The third kappa shape index (κ3) is 3.18. The van der Waals surface area contributed by atoms with Crippen LogP contribution in [0.1, 0.15) is 39.5 Å². The molecule has 2 rings (SSSR count). The largest absolute Gasteiger partial charge is 0.311 e. The molecule has 2 nitrogen and oxygen atoms in total. The molecule has 3 heteroatoms. The van der Waals surface area contributed by atoms with Crippen molar-refractivity contribution in [2.75, 3.05) is 25.9 Å². The Labute approximate surface area is 111 Å². The molecule has 1 saturated carbocycles. The first-order valence-electron chi connectivity index (χ1n) is 7.26. The molecule has 2 aliphatic rings. The summed E-state index contributed by atoms with van der Waals surface area (Å²) in [5.41, 5.74) is 0. The van der Waals surface area contributed by atoms with Gasteiger partial charge in [0, 0.05) is 37.0 Å². The number of nitrogens with one attached hydrogen (secondary N) is 1. The van der Waals surface area contributed by atoms with E-state index in [1.165, 1.54) is 45.3 Å². The minimum Gasteiger partial charge on any atom is -0.311 e. The molecule has 1 heterocycles. The van der Waals surface area contributed by atoms with Gasteiger partial charge in [0.1, 0.15) is 0 Å². The summed E-state index contributed by atoms with van der Waals surface area (Å²) in [4.78, 5) is 2.78. The highest BCUT2D eigenvalue weighted by atomic mass is 32.2. The number of nitrogens with zero attached hydrogens (tertiary/aromatic N) is 1. The zero-order valence-corrected chi connectivity index (χ0v) is 12.4. The lowest BCUT2D eigenvalue weighted by Gasteiger charge is -2.41. The molecule has 4 unspecified atom stereocenters. The Morgan fingerprint density at radius 2 is 2.24 bits per heavy atom. The third-order valence-electron chi connectivity index (χ3n) is 4.76. The van der Waals surface area contributed by atoms with Crippen LogP contribution < -0.4 is 5.32 Å². The number of piperazine rings is 1. The van der Waals surface area contributed by atoms with Crippen LogP contribution in [0, 0.1) is 5.92 Å². The second-order valence-electron chi connectivity index (χ2n) is 5.71. The van der Waals surface area contributed by atoms with Crippen molar-refractivity contribution >= 4 is 11.8 Å². The molecule has 17 heavy (non-hydrogen) atoms. The van der Waals surface area contributed by atoms with Crippen LogP contribution in [-0.2, 0) is 0 Å². The molecule has 1 aliphatic heterocycles. The van der Waals surface area contributed by atoms with Gasteiger partial charge in [-0.25, -0.2) is 0 Å². The molecule has 100 valence electrons. The van der Waals surface area contributed by atoms with Gasteiger partial charge < -0.3 is 5.32 Å². The predicted molar refractivity (Wildman–Crippen MR) is 77.8 cm³/mol. The Hall–Kier alpha value is 0.270. The summed E-state index contributed by atoms with van der Waals surface area (Å²) in [5, 5.41) is 4.60. The quantitative estimate of drug-likeness (QED) is 0.832. The molecule has 0 bridgehead atoms. The second kappa shape index (κ2) is 6.44. The summed E-state index contributed by atoms with van der Waals surface area (Å²) in [5.74, 6) is 0.812. The van der Waals surface area contributed by atoms with Gasteiger partial charge in [-0.1, -0.05) is 26.7 Å². The van der Waals surface area contributed by atoms with Gasteiger partial charge in [-0.2, -0.15) is 11.8 Å². The topological polar surface area (TPSA) is 15.3 Å². The van der Waals surface area contributed by atoms with Gasteiger partial charge in [-0.3, -0.25) is 4.90 Å². The Balaban J connectivity index is 1.92. The lowest BCUT2D eigenvalue weighted by Crippen LogP contribution is -2.57. The van der Waals surface area contributed by atoms with E-state index in [0.717, 1.165) is 23.3 Å². The standard InChI is InChI=1S/C14H28N2S/c1-4-11(2)12-10-16(9-8-15-12)13-6-5-7-14(13)17-3/h11-15H,4-10H2,1-3H3. The minimum absolute atomic E-state index is 0.719. The van der Waals surface area contributed by atoms with E-state index in [1.807, 2.05) is 0 Å². The first-order valence-corrected chi connectivity index (χ1v) is 8.55. The zero-order chi connectivity index (χ0) is 12.3. The van der Waals surface area contributed by atoms with Crippen molar-refractivity contribution in [1.82, 2.24) is 10.2 Å². The SMILES string of the molecule is CCC(C)C1CN(C2CCCC2SC)CCN1. The average Bonchev–Trinajstić information content (AvgIpc) is 2.86. The van der Waals surface area contributed by atoms with Crippen LogP contribution in [0.25, 0.3) is 0 Å². The first kappa shape index (κ1) is 13.7. The van der Waals surface area contributed by atoms with E-state index in [2.05, 4.69) is 42.1 Å². The Morgan fingerprint density at radius 3 is 2.94 bits per heavy atom. The van der Waals surface area contributed by atoms with E-state index >= 15 is 0 Å². The van der Waals surface area contributed by atoms with Gasteiger partial charge in [0.15, 0.2) is 0 Å². The summed E-state index contributed by atoms with van der Waals surface area (Å²) in [6.45, 7) is 8.42. The highest BCUT2D eigenvalue weighted by molar-refractivity contribution is 7.99. The van der Waals surface area contributed by atoms with Gasteiger partial charge >= 0.3 is 0 Å². The molecule has 0 aromatic rings. The normalized spacial score (nSPS) is 37.2. The van der Waals surface area contributed by atoms with Crippen LogP contribution in [-0.4, -0.2) is 48.1 Å². The molecule has 0 amide bonds. The molecule has 1 aliphatic carbocycles. The van der Waals surface area contributed by atoms with Gasteiger partial charge in [0.2, 0.25) is 0 Å². The Bertz CT molecular complexity index is 234. The van der Waals surface area contributed by atoms with Gasteiger partial charge in [0.25, 0.3) is 0 Å². The van der Waals surface area contributed by atoms with Crippen molar-refractivity contribution < 1.29 is 0 Å². The molecule has 1 N–H and O–H groups in total. The lowest BCUT2D eigenvalue weighted by molar-refractivity contribution is 0.126. The zero-order valence-electron chi connectivity index (χ0n) is 11.6. The maximum absolute atomic E-state index is 3.71.